The van der Waals surface area contributed by atoms with Crippen molar-refractivity contribution in [1.82, 2.24) is 5.32 Å². The molecule has 2 nitrogen and oxygen atoms in total. The van der Waals surface area contributed by atoms with Crippen LogP contribution in [-0.4, -0.2) is 17.8 Å². The van der Waals surface area contributed by atoms with Crippen LogP contribution in [0, 0.1) is 19.3 Å². The van der Waals surface area contributed by atoms with Gasteiger partial charge in [0.05, 0.1) is 0 Å². The van der Waals surface area contributed by atoms with Crippen LogP contribution in [0.15, 0.2) is 18.2 Å². The van der Waals surface area contributed by atoms with Gasteiger partial charge in [-0.2, -0.15) is 0 Å². The standard InChI is InChI=1S/C16H27NO/c1-12-8-13(2)10-14(9-12)11-17-15(6-7-18)16(3,4)5/h8-10,15,17-18H,6-7,11H2,1-5H3. The average Bonchev–Trinajstić information content (AvgIpc) is 2.21. The van der Waals surface area contributed by atoms with Gasteiger partial charge in [0.2, 0.25) is 0 Å². The fraction of sp³-hybridized carbons (Fsp3) is 0.625. The zero-order valence-electron chi connectivity index (χ0n) is 12.4. The number of hydrogen-bond donors (Lipinski definition) is 2. The van der Waals surface area contributed by atoms with Crippen LogP contribution >= 0.6 is 0 Å². The highest BCUT2D eigenvalue weighted by atomic mass is 16.3. The molecule has 2 heteroatoms. The van der Waals surface area contributed by atoms with Crippen molar-refractivity contribution in [3.63, 3.8) is 0 Å². The topological polar surface area (TPSA) is 32.3 Å². The van der Waals surface area contributed by atoms with Crippen molar-refractivity contribution in [2.75, 3.05) is 6.61 Å². The van der Waals surface area contributed by atoms with Crippen LogP contribution in [0.2, 0.25) is 0 Å². The molecule has 0 amide bonds. The number of hydrogen-bond acceptors (Lipinski definition) is 2. The molecule has 0 spiro atoms. The van der Waals surface area contributed by atoms with Gasteiger partial charge in [-0.05, 0) is 31.2 Å². The Hall–Kier alpha value is -0.860. The van der Waals surface area contributed by atoms with Crippen molar-refractivity contribution >= 4 is 0 Å². The highest BCUT2D eigenvalue weighted by Crippen LogP contribution is 2.22. The van der Waals surface area contributed by atoms with Crippen LogP contribution < -0.4 is 5.32 Å². The van der Waals surface area contributed by atoms with Crippen molar-refractivity contribution in [3.05, 3.63) is 34.9 Å². The minimum Gasteiger partial charge on any atom is -0.396 e. The molecule has 1 atom stereocenters. The predicted molar refractivity (Wildman–Crippen MR) is 77.7 cm³/mol. The molecule has 0 aliphatic rings. The highest BCUT2D eigenvalue weighted by Gasteiger charge is 2.23. The Kier molecular flexibility index (Phi) is 5.36. The van der Waals surface area contributed by atoms with Gasteiger partial charge in [0.15, 0.2) is 0 Å². The van der Waals surface area contributed by atoms with E-state index in [4.69, 9.17) is 5.11 Å². The summed E-state index contributed by atoms with van der Waals surface area (Å²) in [7, 11) is 0. The van der Waals surface area contributed by atoms with Crippen LogP contribution in [0.1, 0.15) is 43.9 Å². The smallest absolute Gasteiger partial charge is 0.0446 e. The molecule has 0 fully saturated rings. The predicted octanol–water partition coefficient (Wildman–Crippen LogP) is 3.19. The van der Waals surface area contributed by atoms with E-state index in [0.717, 1.165) is 13.0 Å². The summed E-state index contributed by atoms with van der Waals surface area (Å²) in [5.74, 6) is 0. The van der Waals surface area contributed by atoms with E-state index in [-0.39, 0.29) is 12.0 Å². The summed E-state index contributed by atoms with van der Waals surface area (Å²) in [4.78, 5) is 0. The lowest BCUT2D eigenvalue weighted by atomic mass is 9.85. The van der Waals surface area contributed by atoms with E-state index in [1.807, 2.05) is 0 Å². The SMILES string of the molecule is Cc1cc(C)cc(CNC(CCO)C(C)(C)C)c1. The quantitative estimate of drug-likeness (QED) is 0.840. The molecule has 102 valence electrons. The third-order valence-corrected chi connectivity index (χ3v) is 3.30. The maximum Gasteiger partial charge on any atom is 0.0446 e. The molecule has 0 aromatic heterocycles. The third-order valence-electron chi connectivity index (χ3n) is 3.30. The third kappa shape index (κ3) is 4.79. The summed E-state index contributed by atoms with van der Waals surface area (Å²) < 4.78 is 0. The summed E-state index contributed by atoms with van der Waals surface area (Å²) >= 11 is 0. The Morgan fingerprint density at radius 2 is 1.67 bits per heavy atom. The minimum absolute atomic E-state index is 0.168. The zero-order valence-corrected chi connectivity index (χ0v) is 12.4. The normalized spacial score (nSPS) is 13.7. The van der Waals surface area contributed by atoms with Gasteiger partial charge < -0.3 is 10.4 Å². The first-order valence-electron chi connectivity index (χ1n) is 6.74. The Morgan fingerprint density at radius 3 is 2.11 bits per heavy atom. The van der Waals surface area contributed by atoms with Crippen molar-refractivity contribution < 1.29 is 5.11 Å². The lowest BCUT2D eigenvalue weighted by Crippen LogP contribution is -2.40. The minimum atomic E-state index is 0.168. The van der Waals surface area contributed by atoms with Gasteiger partial charge in [-0.1, -0.05) is 50.1 Å². The molecule has 0 heterocycles. The number of aliphatic hydroxyl groups is 1. The number of benzene rings is 1. The number of nitrogens with one attached hydrogen (secondary N) is 1. The molecule has 1 rings (SSSR count). The van der Waals surface area contributed by atoms with E-state index in [0.29, 0.717) is 6.04 Å². The summed E-state index contributed by atoms with van der Waals surface area (Å²) in [6.45, 7) is 12.0. The van der Waals surface area contributed by atoms with Gasteiger partial charge in [-0.15, -0.1) is 0 Å². The fourth-order valence-electron chi connectivity index (χ4n) is 2.38. The van der Waals surface area contributed by atoms with Crippen molar-refractivity contribution in [2.24, 2.45) is 5.41 Å². The zero-order chi connectivity index (χ0) is 13.8. The van der Waals surface area contributed by atoms with Crippen LogP contribution in [0.5, 0.6) is 0 Å². The van der Waals surface area contributed by atoms with Crippen LogP contribution in [0.3, 0.4) is 0 Å². The molecule has 0 saturated carbocycles. The molecule has 0 aliphatic heterocycles. The van der Waals surface area contributed by atoms with Crippen molar-refractivity contribution in [1.29, 1.82) is 0 Å². The first-order valence-corrected chi connectivity index (χ1v) is 6.74. The monoisotopic (exact) mass is 249 g/mol. The van der Waals surface area contributed by atoms with Gasteiger partial charge in [0, 0.05) is 19.2 Å². The van der Waals surface area contributed by atoms with Crippen LogP contribution in [0.4, 0.5) is 0 Å². The van der Waals surface area contributed by atoms with Crippen LogP contribution in [0.25, 0.3) is 0 Å². The molecular formula is C16H27NO. The van der Waals surface area contributed by atoms with E-state index in [1.165, 1.54) is 16.7 Å². The first kappa shape index (κ1) is 15.2. The molecule has 2 N–H and O–H groups in total. The Morgan fingerprint density at radius 1 is 1.11 bits per heavy atom. The van der Waals surface area contributed by atoms with Gasteiger partial charge in [0.25, 0.3) is 0 Å². The average molecular weight is 249 g/mol. The number of aliphatic hydroxyl groups excluding tert-OH is 1. The maximum atomic E-state index is 9.15. The van der Waals surface area contributed by atoms with Gasteiger partial charge in [-0.3, -0.25) is 0 Å². The summed E-state index contributed by atoms with van der Waals surface area (Å²) in [6, 6.07) is 6.97. The van der Waals surface area contributed by atoms with E-state index >= 15 is 0 Å². The first-order chi connectivity index (χ1) is 8.32. The number of rotatable bonds is 5. The summed E-state index contributed by atoms with van der Waals surface area (Å²) in [5, 5.41) is 12.7. The number of aryl methyl sites for hydroxylation is 2. The highest BCUT2D eigenvalue weighted by molar-refractivity contribution is 5.28. The van der Waals surface area contributed by atoms with Crippen molar-refractivity contribution in [3.8, 4) is 0 Å². The van der Waals surface area contributed by atoms with Gasteiger partial charge in [0.1, 0.15) is 0 Å². The van der Waals surface area contributed by atoms with Crippen molar-refractivity contribution in [2.45, 2.75) is 53.6 Å². The van der Waals surface area contributed by atoms with Gasteiger partial charge in [-0.25, -0.2) is 0 Å². The maximum absolute atomic E-state index is 9.15. The van der Waals surface area contributed by atoms with E-state index in [2.05, 4.69) is 58.1 Å². The van der Waals surface area contributed by atoms with Crippen LogP contribution in [-0.2, 0) is 6.54 Å². The molecular weight excluding hydrogens is 222 g/mol. The fourth-order valence-corrected chi connectivity index (χ4v) is 2.38. The summed E-state index contributed by atoms with van der Waals surface area (Å²) in [6.07, 6.45) is 0.800. The summed E-state index contributed by atoms with van der Waals surface area (Å²) in [5.41, 5.74) is 4.10. The molecule has 0 bridgehead atoms. The second kappa shape index (κ2) is 6.35. The lowest BCUT2D eigenvalue weighted by molar-refractivity contribution is 0.196. The molecule has 1 aromatic rings. The molecule has 18 heavy (non-hydrogen) atoms. The molecule has 0 aliphatic carbocycles. The largest absolute Gasteiger partial charge is 0.396 e. The molecule has 1 unspecified atom stereocenters. The molecule has 1 aromatic carbocycles. The van der Waals surface area contributed by atoms with Gasteiger partial charge >= 0.3 is 0 Å². The second-order valence-corrected chi connectivity index (χ2v) is 6.31. The van der Waals surface area contributed by atoms with E-state index < -0.39 is 0 Å². The Balaban J connectivity index is 2.67. The lowest BCUT2D eigenvalue weighted by Gasteiger charge is -2.31. The second-order valence-electron chi connectivity index (χ2n) is 6.31. The van der Waals surface area contributed by atoms with E-state index in [1.54, 1.807) is 0 Å². The Bertz CT molecular complexity index is 359. The molecule has 0 saturated heterocycles. The van der Waals surface area contributed by atoms with E-state index in [9.17, 15) is 0 Å². The Labute approximate surface area is 111 Å². The molecule has 0 radical (unpaired) electrons.